The van der Waals surface area contributed by atoms with Gasteiger partial charge >= 0.3 is 0 Å². The molecule has 1 aromatic carbocycles. The summed E-state index contributed by atoms with van der Waals surface area (Å²) in [6, 6.07) is 8.45. The molecule has 0 N–H and O–H groups in total. The zero-order valence-corrected chi connectivity index (χ0v) is 10.6. The van der Waals surface area contributed by atoms with Gasteiger partial charge in [-0.3, -0.25) is 0 Å². The van der Waals surface area contributed by atoms with E-state index in [1.807, 2.05) is 0 Å². The molecule has 1 aromatic rings. The van der Waals surface area contributed by atoms with Crippen LogP contribution < -0.4 is 0 Å². The second kappa shape index (κ2) is 7.99. The Labute approximate surface area is 100 Å². The van der Waals surface area contributed by atoms with Gasteiger partial charge in [-0.2, -0.15) is 0 Å². The van der Waals surface area contributed by atoms with Crippen LogP contribution in [0, 0.1) is 11.8 Å². The van der Waals surface area contributed by atoms with Crippen molar-refractivity contribution in [3.63, 3.8) is 0 Å². The minimum absolute atomic E-state index is 1.04. The van der Waals surface area contributed by atoms with Crippen LogP contribution in [-0.4, -0.2) is 0 Å². The summed E-state index contributed by atoms with van der Waals surface area (Å²) in [5, 5.41) is 0. The Morgan fingerprint density at radius 3 is 2.56 bits per heavy atom. The minimum atomic E-state index is 1.04. The molecule has 0 spiro atoms. The molecule has 0 aromatic heterocycles. The first-order valence-corrected chi connectivity index (χ1v) is 6.45. The Kier molecular flexibility index (Phi) is 6.42. The number of rotatable bonds is 5. The quantitative estimate of drug-likeness (QED) is 0.497. The molecule has 16 heavy (non-hydrogen) atoms. The largest absolute Gasteiger partial charge is 0.0979 e. The lowest BCUT2D eigenvalue weighted by Gasteiger charge is -1.99. The molecule has 0 aliphatic heterocycles. The van der Waals surface area contributed by atoms with Gasteiger partial charge in [-0.25, -0.2) is 0 Å². The van der Waals surface area contributed by atoms with Crippen LogP contribution in [-0.2, 0) is 6.42 Å². The lowest BCUT2D eigenvalue weighted by molar-refractivity contribution is 0.679. The van der Waals surface area contributed by atoms with Crippen LogP contribution in [0.25, 0.3) is 0 Å². The fraction of sp³-hybridized carbons (Fsp3) is 0.500. The molecule has 0 fully saturated rings. The average Bonchev–Trinajstić information content (AvgIpc) is 2.34. The topological polar surface area (TPSA) is 0 Å². The van der Waals surface area contributed by atoms with Gasteiger partial charge in [0.15, 0.2) is 0 Å². The molecule has 1 rings (SSSR count). The SMILES string of the molecule is CCCCCCC#Cc1ccccc1CC. The van der Waals surface area contributed by atoms with E-state index in [1.165, 1.54) is 36.8 Å². The van der Waals surface area contributed by atoms with E-state index in [0.717, 1.165) is 12.8 Å². The highest BCUT2D eigenvalue weighted by atomic mass is 14.0. The average molecular weight is 214 g/mol. The number of unbranched alkanes of at least 4 members (excludes halogenated alkanes) is 4. The standard InChI is InChI=1S/C16H22/c1-3-5-6-7-8-9-13-16-14-11-10-12-15(16)4-2/h10-12,14H,3-8H2,1-2H3. The van der Waals surface area contributed by atoms with Crippen LogP contribution in [0.5, 0.6) is 0 Å². The summed E-state index contributed by atoms with van der Waals surface area (Å²) in [6.45, 7) is 4.42. The minimum Gasteiger partial charge on any atom is -0.0979 e. The van der Waals surface area contributed by atoms with Crippen LogP contribution in [0.1, 0.15) is 57.1 Å². The Bertz CT molecular complexity index is 352. The maximum absolute atomic E-state index is 3.29. The molecule has 0 nitrogen and oxygen atoms in total. The Hall–Kier alpha value is -1.22. The van der Waals surface area contributed by atoms with E-state index < -0.39 is 0 Å². The summed E-state index contributed by atoms with van der Waals surface area (Å²) in [7, 11) is 0. The maximum atomic E-state index is 3.29. The summed E-state index contributed by atoms with van der Waals surface area (Å²) in [6.07, 6.45) is 7.31. The van der Waals surface area contributed by atoms with Crippen LogP contribution in [0.3, 0.4) is 0 Å². The molecule has 86 valence electrons. The van der Waals surface area contributed by atoms with E-state index in [9.17, 15) is 0 Å². The van der Waals surface area contributed by atoms with E-state index in [-0.39, 0.29) is 0 Å². The van der Waals surface area contributed by atoms with Crippen molar-refractivity contribution in [2.24, 2.45) is 0 Å². The monoisotopic (exact) mass is 214 g/mol. The van der Waals surface area contributed by atoms with Gasteiger partial charge in [0.1, 0.15) is 0 Å². The highest BCUT2D eigenvalue weighted by Gasteiger charge is 1.94. The van der Waals surface area contributed by atoms with Crippen molar-refractivity contribution in [3.05, 3.63) is 35.4 Å². The summed E-state index contributed by atoms with van der Waals surface area (Å²) < 4.78 is 0. The van der Waals surface area contributed by atoms with Gasteiger partial charge in [-0.1, -0.05) is 63.1 Å². The second-order valence-corrected chi connectivity index (χ2v) is 4.12. The molecule has 0 heterocycles. The van der Waals surface area contributed by atoms with Crippen molar-refractivity contribution in [2.75, 3.05) is 0 Å². The van der Waals surface area contributed by atoms with Crippen LogP contribution in [0.4, 0.5) is 0 Å². The molecule has 0 aliphatic carbocycles. The van der Waals surface area contributed by atoms with Crippen molar-refractivity contribution >= 4 is 0 Å². The third-order valence-corrected chi connectivity index (χ3v) is 2.78. The first kappa shape index (κ1) is 12.8. The molecule has 0 radical (unpaired) electrons. The fourth-order valence-electron chi connectivity index (χ4n) is 1.75. The summed E-state index contributed by atoms with van der Waals surface area (Å²) >= 11 is 0. The van der Waals surface area contributed by atoms with E-state index in [0.29, 0.717) is 0 Å². The summed E-state index contributed by atoms with van der Waals surface area (Å²) in [5.74, 6) is 6.58. The van der Waals surface area contributed by atoms with Gasteiger partial charge in [0.2, 0.25) is 0 Å². The molecule has 0 saturated heterocycles. The van der Waals surface area contributed by atoms with E-state index >= 15 is 0 Å². The van der Waals surface area contributed by atoms with Gasteiger partial charge in [-0.15, -0.1) is 0 Å². The lowest BCUT2D eigenvalue weighted by atomic mass is 10.1. The molecule has 0 unspecified atom stereocenters. The van der Waals surface area contributed by atoms with Crippen LogP contribution in [0.2, 0.25) is 0 Å². The molecule has 0 amide bonds. The molecule has 0 aliphatic rings. The molecule has 0 atom stereocenters. The number of benzene rings is 1. The summed E-state index contributed by atoms with van der Waals surface area (Å²) in [5.41, 5.74) is 2.57. The van der Waals surface area contributed by atoms with Gasteiger partial charge < -0.3 is 0 Å². The maximum Gasteiger partial charge on any atom is 0.0277 e. The zero-order valence-electron chi connectivity index (χ0n) is 10.6. The van der Waals surface area contributed by atoms with E-state index in [4.69, 9.17) is 0 Å². The third kappa shape index (κ3) is 4.53. The predicted molar refractivity (Wildman–Crippen MR) is 71.5 cm³/mol. The lowest BCUT2D eigenvalue weighted by Crippen LogP contribution is -1.85. The highest BCUT2D eigenvalue weighted by Crippen LogP contribution is 2.08. The van der Waals surface area contributed by atoms with Crippen molar-refractivity contribution in [1.82, 2.24) is 0 Å². The molecule has 0 bridgehead atoms. The normalized spacial score (nSPS) is 9.62. The third-order valence-electron chi connectivity index (χ3n) is 2.78. The van der Waals surface area contributed by atoms with Gasteiger partial charge in [0.25, 0.3) is 0 Å². The Morgan fingerprint density at radius 1 is 1.00 bits per heavy atom. The van der Waals surface area contributed by atoms with Crippen molar-refractivity contribution in [3.8, 4) is 11.8 Å². The van der Waals surface area contributed by atoms with E-state index in [2.05, 4.69) is 50.0 Å². The zero-order chi connectivity index (χ0) is 11.6. The first-order chi connectivity index (χ1) is 7.88. The highest BCUT2D eigenvalue weighted by molar-refractivity contribution is 5.41. The predicted octanol–water partition coefficient (Wildman–Crippen LogP) is 4.57. The molecule has 0 saturated carbocycles. The van der Waals surface area contributed by atoms with Crippen molar-refractivity contribution < 1.29 is 0 Å². The Morgan fingerprint density at radius 2 is 1.81 bits per heavy atom. The fourth-order valence-corrected chi connectivity index (χ4v) is 1.75. The summed E-state index contributed by atoms with van der Waals surface area (Å²) in [4.78, 5) is 0. The second-order valence-electron chi connectivity index (χ2n) is 4.12. The van der Waals surface area contributed by atoms with Crippen molar-refractivity contribution in [2.45, 2.75) is 52.4 Å². The van der Waals surface area contributed by atoms with Crippen molar-refractivity contribution in [1.29, 1.82) is 0 Å². The molecular weight excluding hydrogens is 192 g/mol. The first-order valence-electron chi connectivity index (χ1n) is 6.45. The Balaban J connectivity index is 2.43. The van der Waals surface area contributed by atoms with Gasteiger partial charge in [-0.05, 0) is 24.5 Å². The molecule has 0 heteroatoms. The van der Waals surface area contributed by atoms with Crippen LogP contribution >= 0.6 is 0 Å². The number of hydrogen-bond acceptors (Lipinski definition) is 0. The van der Waals surface area contributed by atoms with E-state index in [1.54, 1.807) is 0 Å². The van der Waals surface area contributed by atoms with Crippen LogP contribution in [0.15, 0.2) is 24.3 Å². The smallest absolute Gasteiger partial charge is 0.0277 e. The molecular formula is C16H22. The number of hydrogen-bond donors (Lipinski definition) is 0. The number of aryl methyl sites for hydroxylation is 1. The van der Waals surface area contributed by atoms with Gasteiger partial charge in [0, 0.05) is 12.0 Å². The van der Waals surface area contributed by atoms with Gasteiger partial charge in [0.05, 0.1) is 0 Å².